The van der Waals surface area contributed by atoms with Gasteiger partial charge >= 0.3 is 0 Å². The van der Waals surface area contributed by atoms with Gasteiger partial charge in [-0.15, -0.1) is 0 Å². The first-order valence-electron chi connectivity index (χ1n) is 9.08. The van der Waals surface area contributed by atoms with E-state index in [1.165, 1.54) is 21.8 Å². The third-order valence-corrected chi connectivity index (χ3v) is 5.06. The number of aromatic nitrogens is 1. The second-order valence-electron chi connectivity index (χ2n) is 6.73. The second-order valence-corrected chi connectivity index (χ2v) is 6.73. The van der Waals surface area contributed by atoms with Crippen molar-refractivity contribution in [2.75, 3.05) is 5.32 Å². The molecule has 0 saturated heterocycles. The number of fused-ring (bicyclic) bond motifs is 3. The first-order valence-corrected chi connectivity index (χ1v) is 9.08. The molecule has 1 atom stereocenters. The Morgan fingerprint density at radius 3 is 2.38 bits per heavy atom. The van der Waals surface area contributed by atoms with Crippen molar-refractivity contribution in [2.45, 2.75) is 12.5 Å². The zero-order chi connectivity index (χ0) is 17.3. The maximum absolute atomic E-state index is 3.52. The van der Waals surface area contributed by atoms with Crippen LogP contribution in [0.25, 0.3) is 21.8 Å². The number of anilines is 2. The summed E-state index contributed by atoms with van der Waals surface area (Å²) in [6, 6.07) is 26.1. The quantitative estimate of drug-likeness (QED) is 0.446. The molecular weight excluding hydrogens is 316 g/mol. The van der Waals surface area contributed by atoms with Crippen LogP contribution in [0.15, 0.2) is 97.1 Å². The summed E-state index contributed by atoms with van der Waals surface area (Å²) in [6.45, 7) is 0. The summed E-state index contributed by atoms with van der Waals surface area (Å²) in [4.78, 5) is 0. The standard InChI is InChI=1S/C24H20N2/c1-3-9-18(10-4-1)25-19-15-16-24-22(17-19)21-13-7-8-14-23(21)26(24)20-11-5-2-6-12-20/h1-11,13-17,20,25H,12H2. The molecule has 0 amide bonds. The number of rotatable bonds is 3. The Hall–Kier alpha value is -3.26. The second kappa shape index (κ2) is 6.23. The molecule has 1 aliphatic rings. The fourth-order valence-electron chi connectivity index (χ4n) is 3.89. The Kier molecular flexibility index (Phi) is 3.60. The van der Waals surface area contributed by atoms with Crippen molar-refractivity contribution in [3.8, 4) is 0 Å². The lowest BCUT2D eigenvalue weighted by Crippen LogP contribution is -2.06. The monoisotopic (exact) mass is 336 g/mol. The van der Waals surface area contributed by atoms with Crippen molar-refractivity contribution >= 4 is 33.2 Å². The fourth-order valence-corrected chi connectivity index (χ4v) is 3.89. The molecule has 0 aliphatic heterocycles. The van der Waals surface area contributed by atoms with Gasteiger partial charge < -0.3 is 9.88 Å². The van der Waals surface area contributed by atoms with E-state index in [9.17, 15) is 0 Å². The van der Waals surface area contributed by atoms with Crippen molar-refractivity contribution in [3.63, 3.8) is 0 Å². The summed E-state index contributed by atoms with van der Waals surface area (Å²) in [7, 11) is 0. The third kappa shape index (κ3) is 2.51. The van der Waals surface area contributed by atoms with Gasteiger partial charge in [0, 0.05) is 33.2 Å². The Balaban J connectivity index is 1.68. The van der Waals surface area contributed by atoms with E-state index in [4.69, 9.17) is 0 Å². The molecule has 4 aromatic rings. The van der Waals surface area contributed by atoms with E-state index in [-0.39, 0.29) is 0 Å². The average molecular weight is 336 g/mol. The first kappa shape index (κ1) is 15.0. The van der Waals surface area contributed by atoms with Gasteiger partial charge in [0.1, 0.15) is 0 Å². The lowest BCUT2D eigenvalue weighted by atomic mass is 10.1. The van der Waals surface area contributed by atoms with Crippen LogP contribution in [0.1, 0.15) is 12.5 Å². The lowest BCUT2D eigenvalue weighted by Gasteiger charge is -2.18. The summed E-state index contributed by atoms with van der Waals surface area (Å²) in [5, 5.41) is 6.12. The molecule has 0 radical (unpaired) electrons. The highest BCUT2D eigenvalue weighted by Crippen LogP contribution is 2.36. The molecule has 26 heavy (non-hydrogen) atoms. The molecule has 0 spiro atoms. The number of hydrogen-bond donors (Lipinski definition) is 1. The largest absolute Gasteiger partial charge is 0.356 e. The third-order valence-electron chi connectivity index (χ3n) is 5.06. The molecule has 0 saturated carbocycles. The summed E-state index contributed by atoms with van der Waals surface area (Å²) in [5.74, 6) is 0. The van der Waals surface area contributed by atoms with E-state index < -0.39 is 0 Å². The predicted octanol–water partition coefficient (Wildman–Crippen LogP) is 6.60. The maximum Gasteiger partial charge on any atom is 0.0560 e. The zero-order valence-corrected chi connectivity index (χ0v) is 14.5. The van der Waals surface area contributed by atoms with Crippen molar-refractivity contribution < 1.29 is 0 Å². The minimum absolute atomic E-state index is 0.371. The lowest BCUT2D eigenvalue weighted by molar-refractivity contribution is 0.648. The van der Waals surface area contributed by atoms with Crippen LogP contribution in [0.3, 0.4) is 0 Å². The minimum atomic E-state index is 0.371. The molecule has 2 nitrogen and oxygen atoms in total. The van der Waals surface area contributed by atoms with Crippen LogP contribution < -0.4 is 5.32 Å². The SMILES string of the molecule is C1=CCC(n2c3ccccc3c3cc(Nc4ccccc4)ccc32)C=C1. The summed E-state index contributed by atoms with van der Waals surface area (Å²) in [6.07, 6.45) is 9.86. The molecule has 1 aromatic heterocycles. The Morgan fingerprint density at radius 2 is 1.54 bits per heavy atom. The molecule has 0 fully saturated rings. The van der Waals surface area contributed by atoms with Crippen LogP contribution >= 0.6 is 0 Å². The summed E-state index contributed by atoms with van der Waals surface area (Å²) < 4.78 is 2.47. The maximum atomic E-state index is 3.52. The fraction of sp³-hybridized carbons (Fsp3) is 0.0833. The Labute approximate surface area is 153 Å². The molecule has 2 heteroatoms. The van der Waals surface area contributed by atoms with Crippen LogP contribution in [0, 0.1) is 0 Å². The van der Waals surface area contributed by atoms with E-state index in [1.54, 1.807) is 0 Å². The van der Waals surface area contributed by atoms with Crippen LogP contribution in [-0.4, -0.2) is 4.57 Å². The van der Waals surface area contributed by atoms with Gasteiger partial charge in [0.25, 0.3) is 0 Å². The van der Waals surface area contributed by atoms with E-state index in [0.29, 0.717) is 6.04 Å². The molecule has 0 bridgehead atoms. The smallest absolute Gasteiger partial charge is 0.0560 e. The van der Waals surface area contributed by atoms with Gasteiger partial charge in [-0.3, -0.25) is 0 Å². The number of nitrogens with zero attached hydrogens (tertiary/aromatic N) is 1. The van der Waals surface area contributed by atoms with Crippen LogP contribution in [0.5, 0.6) is 0 Å². The highest BCUT2D eigenvalue weighted by Gasteiger charge is 2.16. The molecular formula is C24H20N2. The van der Waals surface area contributed by atoms with Crippen molar-refractivity contribution in [3.05, 3.63) is 97.1 Å². The van der Waals surface area contributed by atoms with Crippen LogP contribution in [0.4, 0.5) is 11.4 Å². The Morgan fingerprint density at radius 1 is 0.731 bits per heavy atom. The summed E-state index contributed by atoms with van der Waals surface area (Å²) >= 11 is 0. The minimum Gasteiger partial charge on any atom is -0.356 e. The predicted molar refractivity (Wildman–Crippen MR) is 111 cm³/mol. The Bertz CT molecular complexity index is 1130. The van der Waals surface area contributed by atoms with Gasteiger partial charge in [0.2, 0.25) is 0 Å². The van der Waals surface area contributed by atoms with E-state index in [1.807, 2.05) is 6.07 Å². The molecule has 5 rings (SSSR count). The van der Waals surface area contributed by atoms with Gasteiger partial charge in [-0.25, -0.2) is 0 Å². The van der Waals surface area contributed by atoms with Gasteiger partial charge in [0.15, 0.2) is 0 Å². The van der Waals surface area contributed by atoms with Crippen LogP contribution in [0.2, 0.25) is 0 Å². The van der Waals surface area contributed by atoms with Gasteiger partial charge in [-0.2, -0.15) is 0 Å². The number of para-hydroxylation sites is 2. The van der Waals surface area contributed by atoms with Crippen molar-refractivity contribution in [1.29, 1.82) is 0 Å². The average Bonchev–Trinajstić information content (AvgIpc) is 3.03. The molecule has 1 N–H and O–H groups in total. The van der Waals surface area contributed by atoms with Crippen molar-refractivity contribution in [2.24, 2.45) is 0 Å². The molecule has 1 aliphatic carbocycles. The zero-order valence-electron chi connectivity index (χ0n) is 14.5. The summed E-state index contributed by atoms with van der Waals surface area (Å²) in [5.41, 5.74) is 4.81. The number of benzene rings is 3. The van der Waals surface area contributed by atoms with Gasteiger partial charge in [-0.05, 0) is 42.8 Å². The normalized spacial score (nSPS) is 16.4. The highest BCUT2D eigenvalue weighted by molar-refractivity contribution is 6.09. The molecule has 3 aromatic carbocycles. The van der Waals surface area contributed by atoms with Gasteiger partial charge in [-0.1, -0.05) is 60.7 Å². The van der Waals surface area contributed by atoms with Crippen LogP contribution in [-0.2, 0) is 0 Å². The molecule has 1 heterocycles. The van der Waals surface area contributed by atoms with E-state index in [2.05, 4.69) is 101 Å². The number of allylic oxidation sites excluding steroid dienone is 4. The molecule has 126 valence electrons. The van der Waals surface area contributed by atoms with E-state index >= 15 is 0 Å². The molecule has 1 unspecified atom stereocenters. The van der Waals surface area contributed by atoms with E-state index in [0.717, 1.165) is 17.8 Å². The van der Waals surface area contributed by atoms with Gasteiger partial charge in [0.05, 0.1) is 6.04 Å². The first-order chi connectivity index (χ1) is 12.9. The topological polar surface area (TPSA) is 17.0 Å². The van der Waals surface area contributed by atoms with Crippen molar-refractivity contribution in [1.82, 2.24) is 4.57 Å². The number of nitrogens with one attached hydrogen (secondary N) is 1. The highest BCUT2D eigenvalue weighted by atomic mass is 15.0. The number of hydrogen-bond acceptors (Lipinski definition) is 1.